The summed E-state index contributed by atoms with van der Waals surface area (Å²) in [6.07, 6.45) is 9.59. The highest BCUT2D eigenvalue weighted by Crippen LogP contribution is 2.57. The van der Waals surface area contributed by atoms with Crippen molar-refractivity contribution in [3.63, 3.8) is 0 Å². The van der Waals surface area contributed by atoms with Crippen molar-refractivity contribution in [2.24, 2.45) is 5.41 Å². The van der Waals surface area contributed by atoms with Gasteiger partial charge in [0.25, 0.3) is 0 Å². The molecule has 102 valence electrons. The topological polar surface area (TPSA) is 37.3 Å². The van der Waals surface area contributed by atoms with E-state index < -0.39 is 5.97 Å². The minimum absolute atomic E-state index is 0.405. The third kappa shape index (κ3) is 2.53. The minimum Gasteiger partial charge on any atom is -0.478 e. The van der Waals surface area contributed by atoms with E-state index in [1.165, 1.54) is 44.9 Å². The van der Waals surface area contributed by atoms with Crippen LogP contribution in [-0.4, -0.2) is 16.3 Å². The Morgan fingerprint density at radius 1 is 1.21 bits per heavy atom. The van der Waals surface area contributed by atoms with E-state index in [1.807, 2.05) is 30.0 Å². The molecule has 2 aliphatic carbocycles. The van der Waals surface area contributed by atoms with Gasteiger partial charge >= 0.3 is 5.97 Å². The molecule has 2 nitrogen and oxygen atoms in total. The van der Waals surface area contributed by atoms with Crippen molar-refractivity contribution < 1.29 is 9.90 Å². The molecule has 19 heavy (non-hydrogen) atoms. The van der Waals surface area contributed by atoms with Crippen LogP contribution >= 0.6 is 11.8 Å². The van der Waals surface area contributed by atoms with Crippen LogP contribution in [0, 0.1) is 5.41 Å². The van der Waals surface area contributed by atoms with Gasteiger partial charge in [0.05, 0.1) is 5.56 Å². The molecule has 1 unspecified atom stereocenters. The lowest BCUT2D eigenvalue weighted by atomic mass is 9.60. The maximum atomic E-state index is 11.0. The molecule has 3 rings (SSSR count). The molecule has 0 saturated heterocycles. The standard InChI is InChI=1S/C16H20O2S/c17-15(18)12-5-4-6-13(11-12)19-14-7-10-16(14)8-2-1-3-9-16/h4-6,11,14H,1-3,7-10H2,(H,17,18). The molecule has 3 heteroatoms. The maximum absolute atomic E-state index is 11.0. The van der Waals surface area contributed by atoms with Gasteiger partial charge in [-0.1, -0.05) is 25.3 Å². The molecule has 2 aliphatic rings. The summed E-state index contributed by atoms with van der Waals surface area (Å²) in [5.41, 5.74) is 0.976. The van der Waals surface area contributed by atoms with Crippen LogP contribution < -0.4 is 0 Å². The monoisotopic (exact) mass is 276 g/mol. The van der Waals surface area contributed by atoms with E-state index in [1.54, 1.807) is 6.07 Å². The third-order valence-electron chi connectivity index (χ3n) is 4.80. The SMILES string of the molecule is O=C(O)c1cccc(SC2CCC23CCCCC3)c1. The molecule has 1 atom stereocenters. The van der Waals surface area contributed by atoms with Gasteiger partial charge in [0.15, 0.2) is 0 Å². The predicted molar refractivity (Wildman–Crippen MR) is 77.8 cm³/mol. The predicted octanol–water partition coefficient (Wildman–Crippen LogP) is 4.59. The smallest absolute Gasteiger partial charge is 0.335 e. The average Bonchev–Trinajstić information content (AvgIpc) is 2.45. The molecule has 0 amide bonds. The molecule has 1 aromatic carbocycles. The highest BCUT2D eigenvalue weighted by molar-refractivity contribution is 8.00. The number of thioether (sulfide) groups is 1. The Morgan fingerprint density at radius 2 is 2.00 bits per heavy atom. The van der Waals surface area contributed by atoms with Crippen LogP contribution in [-0.2, 0) is 0 Å². The second-order valence-corrected chi connectivity index (χ2v) is 7.18. The number of aromatic carboxylic acids is 1. The Bertz CT molecular complexity index is 477. The van der Waals surface area contributed by atoms with Crippen molar-refractivity contribution in [2.75, 3.05) is 0 Å². The average molecular weight is 276 g/mol. The molecular formula is C16H20O2S. The first-order chi connectivity index (χ1) is 9.20. The Kier molecular flexibility index (Phi) is 3.57. The first kappa shape index (κ1) is 13.0. The van der Waals surface area contributed by atoms with E-state index in [-0.39, 0.29) is 0 Å². The summed E-state index contributed by atoms with van der Waals surface area (Å²) in [5, 5.41) is 9.75. The fourth-order valence-electron chi connectivity index (χ4n) is 3.55. The first-order valence-corrected chi connectivity index (χ1v) is 8.08. The van der Waals surface area contributed by atoms with Crippen LogP contribution in [0.25, 0.3) is 0 Å². The minimum atomic E-state index is -0.830. The van der Waals surface area contributed by atoms with Crippen LogP contribution in [0.4, 0.5) is 0 Å². The van der Waals surface area contributed by atoms with Gasteiger partial charge < -0.3 is 5.11 Å². The van der Waals surface area contributed by atoms with Crippen molar-refractivity contribution in [2.45, 2.75) is 55.1 Å². The first-order valence-electron chi connectivity index (χ1n) is 7.20. The molecule has 0 aromatic heterocycles. The second-order valence-electron chi connectivity index (χ2n) is 5.90. The number of hydrogen-bond acceptors (Lipinski definition) is 2. The normalized spacial score (nSPS) is 24.9. The molecule has 0 radical (unpaired) electrons. The van der Waals surface area contributed by atoms with Crippen LogP contribution in [0.2, 0.25) is 0 Å². The van der Waals surface area contributed by atoms with Gasteiger partial charge in [-0.2, -0.15) is 0 Å². The number of carboxylic acids is 1. The van der Waals surface area contributed by atoms with Crippen LogP contribution in [0.3, 0.4) is 0 Å². The molecule has 1 N–H and O–H groups in total. The number of carbonyl (C=O) groups is 1. The molecule has 0 bridgehead atoms. The maximum Gasteiger partial charge on any atom is 0.335 e. The van der Waals surface area contributed by atoms with Gasteiger partial charge in [0.2, 0.25) is 0 Å². The summed E-state index contributed by atoms with van der Waals surface area (Å²) in [6.45, 7) is 0. The number of hydrogen-bond donors (Lipinski definition) is 1. The Hall–Kier alpha value is -0.960. The van der Waals surface area contributed by atoms with Gasteiger partial charge in [-0.3, -0.25) is 0 Å². The van der Waals surface area contributed by atoms with Crippen LogP contribution in [0.1, 0.15) is 55.3 Å². The fraction of sp³-hybridized carbons (Fsp3) is 0.562. The zero-order chi connectivity index (χ0) is 13.3. The molecule has 0 heterocycles. The van der Waals surface area contributed by atoms with E-state index in [0.717, 1.165) is 4.90 Å². The van der Waals surface area contributed by atoms with E-state index in [0.29, 0.717) is 16.2 Å². The van der Waals surface area contributed by atoms with Gasteiger partial charge in [0, 0.05) is 10.1 Å². The van der Waals surface area contributed by atoms with E-state index in [4.69, 9.17) is 5.11 Å². The lowest BCUT2D eigenvalue weighted by Crippen LogP contribution is -2.44. The molecule has 1 spiro atoms. The lowest BCUT2D eigenvalue weighted by Gasteiger charge is -2.52. The molecule has 2 saturated carbocycles. The summed E-state index contributed by atoms with van der Waals surface area (Å²) in [7, 11) is 0. The van der Waals surface area contributed by atoms with Gasteiger partial charge in [-0.05, 0) is 49.3 Å². The molecule has 1 aromatic rings. The van der Waals surface area contributed by atoms with Crippen LogP contribution in [0.15, 0.2) is 29.2 Å². The summed E-state index contributed by atoms with van der Waals surface area (Å²) in [4.78, 5) is 12.1. The van der Waals surface area contributed by atoms with Crippen molar-refractivity contribution >= 4 is 17.7 Å². The van der Waals surface area contributed by atoms with Crippen molar-refractivity contribution in [1.82, 2.24) is 0 Å². The van der Waals surface area contributed by atoms with Crippen molar-refractivity contribution in [3.8, 4) is 0 Å². The fourth-order valence-corrected chi connectivity index (χ4v) is 5.07. The zero-order valence-electron chi connectivity index (χ0n) is 11.1. The van der Waals surface area contributed by atoms with Gasteiger partial charge in [-0.15, -0.1) is 11.8 Å². The molecular weight excluding hydrogens is 256 g/mol. The van der Waals surface area contributed by atoms with Gasteiger partial charge in [0.1, 0.15) is 0 Å². The lowest BCUT2D eigenvalue weighted by molar-refractivity contribution is 0.0696. The quantitative estimate of drug-likeness (QED) is 0.877. The number of benzene rings is 1. The summed E-state index contributed by atoms with van der Waals surface area (Å²) < 4.78 is 0. The van der Waals surface area contributed by atoms with E-state index in [2.05, 4.69) is 0 Å². The Labute approximate surface area is 118 Å². The Morgan fingerprint density at radius 3 is 2.63 bits per heavy atom. The van der Waals surface area contributed by atoms with Crippen molar-refractivity contribution in [1.29, 1.82) is 0 Å². The van der Waals surface area contributed by atoms with Crippen molar-refractivity contribution in [3.05, 3.63) is 29.8 Å². The summed E-state index contributed by atoms with van der Waals surface area (Å²) in [6, 6.07) is 7.40. The number of carboxylic acid groups (broad SMARTS) is 1. The second kappa shape index (κ2) is 5.20. The largest absolute Gasteiger partial charge is 0.478 e. The van der Waals surface area contributed by atoms with Gasteiger partial charge in [-0.25, -0.2) is 4.79 Å². The third-order valence-corrected chi connectivity index (χ3v) is 6.34. The summed E-state index contributed by atoms with van der Waals surface area (Å²) in [5.74, 6) is -0.830. The zero-order valence-corrected chi connectivity index (χ0v) is 11.9. The molecule has 0 aliphatic heterocycles. The molecule has 2 fully saturated rings. The Balaban J connectivity index is 1.71. The van der Waals surface area contributed by atoms with E-state index in [9.17, 15) is 4.79 Å². The van der Waals surface area contributed by atoms with E-state index >= 15 is 0 Å². The highest BCUT2D eigenvalue weighted by Gasteiger charge is 2.47. The number of rotatable bonds is 3. The highest BCUT2D eigenvalue weighted by atomic mass is 32.2. The van der Waals surface area contributed by atoms with Crippen LogP contribution in [0.5, 0.6) is 0 Å². The summed E-state index contributed by atoms with van der Waals surface area (Å²) >= 11 is 1.90.